The molecule has 8 heteroatoms. The summed E-state index contributed by atoms with van der Waals surface area (Å²) in [4.78, 5) is 35.4. The van der Waals surface area contributed by atoms with Crippen LogP contribution >= 0.6 is 0 Å². The highest BCUT2D eigenvalue weighted by Crippen LogP contribution is 2.44. The minimum absolute atomic E-state index is 0.0305. The van der Waals surface area contributed by atoms with E-state index >= 15 is 0 Å². The summed E-state index contributed by atoms with van der Waals surface area (Å²) >= 11 is 0. The maximum atomic E-state index is 12.9. The summed E-state index contributed by atoms with van der Waals surface area (Å²) in [6, 6.07) is 14.3. The monoisotopic (exact) mass is 414 g/mol. The summed E-state index contributed by atoms with van der Waals surface area (Å²) in [5, 5.41) is 13.5. The van der Waals surface area contributed by atoms with Crippen LogP contribution in [0, 0.1) is 0 Å². The van der Waals surface area contributed by atoms with E-state index in [1.165, 1.54) is 6.92 Å². The number of alkyl carbamates (subject to hydrolysis) is 1. The lowest BCUT2D eigenvalue weighted by Crippen LogP contribution is -2.49. The second kappa shape index (κ2) is 9.39. The van der Waals surface area contributed by atoms with Gasteiger partial charge in [0, 0.05) is 12.5 Å². The van der Waals surface area contributed by atoms with Crippen molar-refractivity contribution in [3.63, 3.8) is 0 Å². The summed E-state index contributed by atoms with van der Waals surface area (Å²) in [5.41, 5.74) is 4.21. The molecule has 0 bridgehead atoms. The van der Waals surface area contributed by atoms with E-state index < -0.39 is 36.6 Å². The van der Waals surface area contributed by atoms with Gasteiger partial charge in [0.05, 0.1) is 6.42 Å². The molecule has 0 heterocycles. The summed E-state index contributed by atoms with van der Waals surface area (Å²) in [6.07, 6.45) is -2.85. The Labute approximate surface area is 173 Å². The Bertz CT molecular complexity index is 901. The molecule has 1 aliphatic rings. The van der Waals surface area contributed by atoms with Gasteiger partial charge in [-0.3, -0.25) is 9.59 Å². The Morgan fingerprint density at radius 3 is 2.17 bits per heavy atom. The molecule has 2 aromatic carbocycles. The lowest BCUT2D eigenvalue weighted by Gasteiger charge is -2.19. The number of halogens is 1. The largest absolute Gasteiger partial charge is 0.481 e. The predicted molar refractivity (Wildman–Crippen MR) is 108 cm³/mol. The number of amides is 2. The molecule has 3 rings (SSSR count). The van der Waals surface area contributed by atoms with Crippen LogP contribution in [0.2, 0.25) is 0 Å². The number of carbonyl (C=O) groups excluding carboxylic acids is 2. The number of benzene rings is 2. The number of rotatable bonds is 8. The van der Waals surface area contributed by atoms with Gasteiger partial charge in [-0.25, -0.2) is 9.18 Å². The van der Waals surface area contributed by atoms with Gasteiger partial charge in [0.1, 0.15) is 18.8 Å². The summed E-state index contributed by atoms with van der Waals surface area (Å²) in [5.74, 6) is -2.22. The Hall–Kier alpha value is -3.42. The van der Waals surface area contributed by atoms with Crippen molar-refractivity contribution < 1.29 is 28.6 Å². The third-order valence-corrected chi connectivity index (χ3v) is 4.89. The molecule has 7 nitrogen and oxygen atoms in total. The van der Waals surface area contributed by atoms with Gasteiger partial charge in [-0.05, 0) is 29.2 Å². The molecule has 0 saturated carbocycles. The van der Waals surface area contributed by atoms with Crippen molar-refractivity contribution >= 4 is 18.0 Å². The van der Waals surface area contributed by atoms with Crippen LogP contribution in [0.15, 0.2) is 48.5 Å². The highest BCUT2D eigenvalue weighted by Gasteiger charge is 2.30. The van der Waals surface area contributed by atoms with Crippen LogP contribution in [-0.4, -0.2) is 48.4 Å². The maximum Gasteiger partial charge on any atom is 0.407 e. The van der Waals surface area contributed by atoms with Gasteiger partial charge < -0.3 is 20.5 Å². The van der Waals surface area contributed by atoms with Gasteiger partial charge in [-0.15, -0.1) is 0 Å². The summed E-state index contributed by atoms with van der Waals surface area (Å²) in [6.45, 7) is 1.01. The van der Waals surface area contributed by atoms with Gasteiger partial charge in [0.15, 0.2) is 0 Å². The zero-order valence-electron chi connectivity index (χ0n) is 16.4. The van der Waals surface area contributed by atoms with Crippen molar-refractivity contribution in [2.75, 3.05) is 13.2 Å². The lowest BCUT2D eigenvalue weighted by molar-refractivity contribution is -0.139. The van der Waals surface area contributed by atoms with E-state index in [9.17, 15) is 18.8 Å². The molecule has 0 fully saturated rings. The Balaban J connectivity index is 1.65. The topological polar surface area (TPSA) is 105 Å². The number of ether oxygens (including phenoxy) is 1. The molecule has 0 aliphatic heterocycles. The fraction of sp³-hybridized carbons (Fsp3) is 0.318. The van der Waals surface area contributed by atoms with Gasteiger partial charge in [0.25, 0.3) is 0 Å². The first-order valence-electron chi connectivity index (χ1n) is 9.62. The zero-order valence-corrected chi connectivity index (χ0v) is 16.4. The van der Waals surface area contributed by atoms with Crippen LogP contribution < -0.4 is 10.6 Å². The maximum absolute atomic E-state index is 12.9. The standard InChI is InChI=1S/C22H23FN2O5/c1-13(23)11-24-21(28)19(10-20(26)27)25-22(29)30-12-18-16-8-4-2-6-14(16)15-7-3-5-9-17(15)18/h2-9,13,18-19H,10-12H2,1H3,(H,24,28)(H,25,29)(H,26,27). The van der Waals surface area contributed by atoms with Gasteiger partial charge in [0.2, 0.25) is 5.91 Å². The minimum atomic E-state index is -1.36. The molecule has 2 amide bonds. The molecule has 0 saturated heterocycles. The average Bonchev–Trinajstić information content (AvgIpc) is 3.03. The number of aliphatic carboxylic acids is 1. The van der Waals surface area contributed by atoms with E-state index in [0.717, 1.165) is 22.3 Å². The number of carbonyl (C=O) groups is 3. The normalized spacial score (nSPS) is 14.2. The molecule has 0 radical (unpaired) electrons. The molecule has 2 atom stereocenters. The number of nitrogens with one attached hydrogen (secondary N) is 2. The molecule has 1 aliphatic carbocycles. The molecular weight excluding hydrogens is 391 g/mol. The quantitative estimate of drug-likeness (QED) is 0.616. The van der Waals surface area contributed by atoms with E-state index in [1.807, 2.05) is 48.5 Å². The SMILES string of the molecule is CC(F)CNC(=O)C(CC(=O)O)NC(=O)OCC1c2ccccc2-c2ccccc21. The number of alkyl halides is 1. The van der Waals surface area contributed by atoms with Crippen LogP contribution in [0.4, 0.5) is 9.18 Å². The van der Waals surface area contributed by atoms with Crippen LogP contribution in [0.5, 0.6) is 0 Å². The van der Waals surface area contributed by atoms with E-state index in [1.54, 1.807) is 0 Å². The van der Waals surface area contributed by atoms with Crippen LogP contribution in [0.25, 0.3) is 11.1 Å². The molecule has 0 aromatic heterocycles. The Morgan fingerprint density at radius 1 is 1.07 bits per heavy atom. The van der Waals surface area contributed by atoms with Crippen molar-refractivity contribution in [1.82, 2.24) is 10.6 Å². The van der Waals surface area contributed by atoms with E-state index in [4.69, 9.17) is 9.84 Å². The number of fused-ring (bicyclic) bond motifs is 3. The second-order valence-corrected chi connectivity index (χ2v) is 7.15. The predicted octanol–water partition coefficient (Wildman–Crippen LogP) is 2.84. The van der Waals surface area contributed by atoms with Crippen molar-refractivity contribution in [2.45, 2.75) is 31.5 Å². The Kier molecular flexibility index (Phi) is 6.66. The fourth-order valence-electron chi connectivity index (χ4n) is 3.53. The number of hydrogen-bond donors (Lipinski definition) is 3. The third kappa shape index (κ3) is 4.94. The molecular formula is C22H23FN2O5. The average molecular weight is 414 g/mol. The van der Waals surface area contributed by atoms with Crippen molar-refractivity contribution in [2.24, 2.45) is 0 Å². The second-order valence-electron chi connectivity index (χ2n) is 7.15. The number of carboxylic acids is 1. The van der Waals surface area contributed by atoms with Crippen molar-refractivity contribution in [1.29, 1.82) is 0 Å². The third-order valence-electron chi connectivity index (χ3n) is 4.89. The molecule has 30 heavy (non-hydrogen) atoms. The van der Waals surface area contributed by atoms with E-state index in [-0.39, 0.29) is 19.1 Å². The molecule has 158 valence electrons. The zero-order chi connectivity index (χ0) is 21.7. The summed E-state index contributed by atoms with van der Waals surface area (Å²) < 4.78 is 18.3. The smallest absolute Gasteiger partial charge is 0.407 e. The number of carboxylic acid groups (broad SMARTS) is 1. The number of hydrogen-bond acceptors (Lipinski definition) is 4. The lowest BCUT2D eigenvalue weighted by atomic mass is 9.98. The highest BCUT2D eigenvalue weighted by molar-refractivity contribution is 5.89. The minimum Gasteiger partial charge on any atom is -0.481 e. The first-order valence-corrected chi connectivity index (χ1v) is 9.62. The van der Waals surface area contributed by atoms with Crippen molar-refractivity contribution in [3.05, 3.63) is 59.7 Å². The first kappa shape index (κ1) is 21.3. The molecule has 3 N–H and O–H groups in total. The molecule has 0 spiro atoms. The summed E-state index contributed by atoms with van der Waals surface area (Å²) in [7, 11) is 0. The van der Waals surface area contributed by atoms with Crippen LogP contribution in [-0.2, 0) is 14.3 Å². The molecule has 2 unspecified atom stereocenters. The van der Waals surface area contributed by atoms with Crippen LogP contribution in [0.1, 0.15) is 30.4 Å². The van der Waals surface area contributed by atoms with E-state index in [0.29, 0.717) is 0 Å². The first-order chi connectivity index (χ1) is 14.4. The highest BCUT2D eigenvalue weighted by atomic mass is 19.1. The fourth-order valence-corrected chi connectivity index (χ4v) is 3.53. The van der Waals surface area contributed by atoms with Crippen LogP contribution in [0.3, 0.4) is 0 Å². The van der Waals surface area contributed by atoms with E-state index in [2.05, 4.69) is 10.6 Å². The van der Waals surface area contributed by atoms with Gasteiger partial charge >= 0.3 is 12.1 Å². The van der Waals surface area contributed by atoms with Gasteiger partial charge in [-0.1, -0.05) is 48.5 Å². The van der Waals surface area contributed by atoms with Crippen molar-refractivity contribution in [3.8, 4) is 11.1 Å². The van der Waals surface area contributed by atoms with Gasteiger partial charge in [-0.2, -0.15) is 0 Å². The Morgan fingerprint density at radius 2 is 1.63 bits per heavy atom. The molecule has 2 aromatic rings.